The van der Waals surface area contributed by atoms with Gasteiger partial charge in [-0.05, 0) is 37.3 Å². The van der Waals surface area contributed by atoms with Gasteiger partial charge < -0.3 is 15.1 Å². The van der Waals surface area contributed by atoms with Crippen LogP contribution in [0.5, 0.6) is 0 Å². The van der Waals surface area contributed by atoms with Gasteiger partial charge in [-0.2, -0.15) is 0 Å². The van der Waals surface area contributed by atoms with E-state index in [4.69, 9.17) is 5.84 Å². The molecule has 7 heteroatoms. The van der Waals surface area contributed by atoms with Crippen molar-refractivity contribution < 1.29 is 9.18 Å². The molecule has 1 aliphatic rings. The molecule has 1 aliphatic heterocycles. The highest BCUT2D eigenvalue weighted by Gasteiger charge is 2.20. The third kappa shape index (κ3) is 4.00. The summed E-state index contributed by atoms with van der Waals surface area (Å²) >= 11 is 0. The largest absolute Gasteiger partial charge is 0.368 e. The second-order valence-electron chi connectivity index (χ2n) is 6.07. The van der Waals surface area contributed by atoms with Crippen LogP contribution in [0.4, 0.5) is 26.2 Å². The topological polar surface area (TPSA) is 73.6 Å². The number of hydrogen-bond acceptors (Lipinski definition) is 4. The summed E-state index contributed by atoms with van der Waals surface area (Å²) in [5.74, 6) is 4.64. The number of aryl methyl sites for hydroxylation is 1. The van der Waals surface area contributed by atoms with Gasteiger partial charge in [-0.25, -0.2) is 15.0 Å². The van der Waals surface area contributed by atoms with E-state index >= 15 is 0 Å². The Hall–Kier alpha value is -2.80. The highest BCUT2D eigenvalue weighted by atomic mass is 19.1. The number of nitrogens with one attached hydrogen (secondary N) is 2. The third-order valence-electron chi connectivity index (χ3n) is 4.36. The van der Waals surface area contributed by atoms with Crippen molar-refractivity contribution in [2.24, 2.45) is 5.84 Å². The molecule has 0 spiro atoms. The number of carbonyl (C=O) groups excluding carboxylic acids is 1. The van der Waals surface area contributed by atoms with Gasteiger partial charge >= 0.3 is 6.03 Å². The predicted molar refractivity (Wildman–Crippen MR) is 98.3 cm³/mol. The van der Waals surface area contributed by atoms with E-state index in [0.29, 0.717) is 11.4 Å². The lowest BCUT2D eigenvalue weighted by atomic mass is 10.2. The van der Waals surface area contributed by atoms with Gasteiger partial charge in [0, 0.05) is 37.6 Å². The predicted octanol–water partition coefficient (Wildman–Crippen LogP) is 2.46. The van der Waals surface area contributed by atoms with Gasteiger partial charge in [-0.1, -0.05) is 17.7 Å². The minimum Gasteiger partial charge on any atom is -0.368 e. The van der Waals surface area contributed by atoms with Gasteiger partial charge in [0.1, 0.15) is 5.82 Å². The molecule has 2 amide bonds. The molecule has 0 atom stereocenters. The molecule has 4 N–H and O–H groups in total. The first-order valence-electron chi connectivity index (χ1n) is 8.20. The molecule has 1 fully saturated rings. The van der Waals surface area contributed by atoms with Crippen LogP contribution in [0.15, 0.2) is 42.5 Å². The minimum absolute atomic E-state index is 0.362. The fourth-order valence-corrected chi connectivity index (χ4v) is 2.97. The monoisotopic (exact) mass is 343 g/mol. The molecule has 1 saturated heterocycles. The van der Waals surface area contributed by atoms with Gasteiger partial charge in [-0.15, -0.1) is 0 Å². The van der Waals surface area contributed by atoms with Crippen LogP contribution < -0.4 is 26.4 Å². The molecule has 0 aliphatic carbocycles. The number of carbonyl (C=O) groups is 1. The van der Waals surface area contributed by atoms with Gasteiger partial charge in [-0.3, -0.25) is 5.43 Å². The van der Waals surface area contributed by atoms with Crippen LogP contribution in [0.25, 0.3) is 0 Å². The lowest BCUT2D eigenvalue weighted by Gasteiger charge is -2.37. The van der Waals surface area contributed by atoms with Crippen molar-refractivity contribution in [1.29, 1.82) is 0 Å². The quantitative estimate of drug-likeness (QED) is 0.455. The lowest BCUT2D eigenvalue weighted by molar-refractivity contribution is 0.252. The van der Waals surface area contributed by atoms with Crippen LogP contribution >= 0.6 is 0 Å². The summed E-state index contributed by atoms with van der Waals surface area (Å²) in [7, 11) is 0. The van der Waals surface area contributed by atoms with E-state index < -0.39 is 6.03 Å². The fourth-order valence-electron chi connectivity index (χ4n) is 2.97. The summed E-state index contributed by atoms with van der Waals surface area (Å²) in [4.78, 5) is 15.5. The van der Waals surface area contributed by atoms with E-state index in [-0.39, 0.29) is 5.82 Å². The number of hydrazine groups is 1. The first-order chi connectivity index (χ1) is 12.1. The average Bonchev–Trinajstić information content (AvgIpc) is 2.63. The van der Waals surface area contributed by atoms with Crippen LogP contribution in [0.2, 0.25) is 0 Å². The van der Waals surface area contributed by atoms with Crippen LogP contribution in [0.1, 0.15) is 5.56 Å². The van der Waals surface area contributed by atoms with Crippen LogP contribution in [-0.4, -0.2) is 32.2 Å². The number of hydrogen-bond donors (Lipinski definition) is 3. The van der Waals surface area contributed by atoms with Crippen LogP contribution in [0, 0.1) is 12.7 Å². The van der Waals surface area contributed by atoms with Gasteiger partial charge in [0.15, 0.2) is 0 Å². The van der Waals surface area contributed by atoms with Crippen molar-refractivity contribution in [3.8, 4) is 0 Å². The number of rotatable bonds is 3. The van der Waals surface area contributed by atoms with Crippen molar-refractivity contribution >= 4 is 23.1 Å². The summed E-state index contributed by atoms with van der Waals surface area (Å²) in [5, 5.41) is 2.45. The normalized spacial score (nSPS) is 14.4. The number of amides is 2. The molecule has 132 valence electrons. The standard InChI is InChI=1S/C18H22FN5O/c1-13-2-5-15(6-3-13)23-8-10-24(11-9-23)17-7-4-14(12-16(17)19)21-18(25)22-20/h2-7,12H,8-11,20H2,1H3,(H2,21,22,25). The molecule has 0 bridgehead atoms. The summed E-state index contributed by atoms with van der Waals surface area (Å²) in [5.41, 5.74) is 5.28. The molecule has 25 heavy (non-hydrogen) atoms. The first-order valence-corrected chi connectivity index (χ1v) is 8.20. The van der Waals surface area contributed by atoms with Crippen molar-refractivity contribution in [1.82, 2.24) is 5.43 Å². The number of piperazine rings is 1. The van der Waals surface area contributed by atoms with Gasteiger partial charge in [0.25, 0.3) is 0 Å². The van der Waals surface area contributed by atoms with Gasteiger partial charge in [0.05, 0.1) is 5.69 Å². The number of anilines is 3. The fraction of sp³-hybridized carbons (Fsp3) is 0.278. The Bertz CT molecular complexity index is 742. The third-order valence-corrected chi connectivity index (χ3v) is 4.36. The maximum Gasteiger partial charge on any atom is 0.333 e. The van der Waals surface area contributed by atoms with E-state index in [9.17, 15) is 9.18 Å². The molecule has 0 aromatic heterocycles. The molecule has 0 saturated carbocycles. The van der Waals surface area contributed by atoms with Crippen molar-refractivity contribution in [3.63, 3.8) is 0 Å². The summed E-state index contributed by atoms with van der Waals surface area (Å²) in [6.07, 6.45) is 0. The Labute approximate surface area is 146 Å². The smallest absolute Gasteiger partial charge is 0.333 e. The number of urea groups is 1. The molecule has 0 unspecified atom stereocenters. The van der Waals surface area contributed by atoms with E-state index in [1.165, 1.54) is 17.3 Å². The first kappa shape index (κ1) is 17.0. The maximum absolute atomic E-state index is 14.4. The molecule has 2 aromatic rings. The SMILES string of the molecule is Cc1ccc(N2CCN(c3ccc(NC(=O)NN)cc3F)CC2)cc1. The Morgan fingerprint density at radius 3 is 2.28 bits per heavy atom. The molecule has 0 radical (unpaired) electrons. The van der Waals surface area contributed by atoms with E-state index in [2.05, 4.69) is 41.4 Å². The zero-order chi connectivity index (χ0) is 17.8. The Morgan fingerprint density at radius 1 is 1.04 bits per heavy atom. The Balaban J connectivity index is 1.64. The highest BCUT2D eigenvalue weighted by molar-refractivity contribution is 5.89. The maximum atomic E-state index is 14.4. The molecular weight excluding hydrogens is 321 g/mol. The number of nitrogens with zero attached hydrogens (tertiary/aromatic N) is 2. The van der Waals surface area contributed by atoms with Crippen molar-refractivity contribution in [2.75, 3.05) is 41.3 Å². The van der Waals surface area contributed by atoms with Crippen molar-refractivity contribution in [3.05, 3.63) is 53.8 Å². The van der Waals surface area contributed by atoms with Gasteiger partial charge in [0.2, 0.25) is 0 Å². The second kappa shape index (κ2) is 7.40. The Kier molecular flexibility index (Phi) is 5.04. The van der Waals surface area contributed by atoms with Crippen LogP contribution in [-0.2, 0) is 0 Å². The highest BCUT2D eigenvalue weighted by Crippen LogP contribution is 2.25. The van der Waals surface area contributed by atoms with E-state index in [1.807, 2.05) is 10.3 Å². The van der Waals surface area contributed by atoms with E-state index in [1.54, 1.807) is 12.1 Å². The molecule has 3 rings (SSSR count). The molecule has 2 aromatic carbocycles. The number of halogens is 1. The molecule has 1 heterocycles. The Morgan fingerprint density at radius 2 is 1.68 bits per heavy atom. The van der Waals surface area contributed by atoms with Crippen molar-refractivity contribution in [2.45, 2.75) is 6.92 Å². The molecular formula is C18H22FN5O. The zero-order valence-corrected chi connectivity index (χ0v) is 14.1. The minimum atomic E-state index is -0.584. The second-order valence-corrected chi connectivity index (χ2v) is 6.07. The lowest BCUT2D eigenvalue weighted by Crippen LogP contribution is -2.46. The zero-order valence-electron chi connectivity index (χ0n) is 14.1. The molecule has 6 nitrogen and oxygen atoms in total. The summed E-state index contributed by atoms with van der Waals surface area (Å²) in [6.45, 7) is 5.21. The number of benzene rings is 2. The average molecular weight is 343 g/mol. The summed E-state index contributed by atoms with van der Waals surface area (Å²) in [6, 6.07) is 12.5. The number of nitrogens with two attached hydrogens (primary N) is 1. The van der Waals surface area contributed by atoms with Crippen LogP contribution in [0.3, 0.4) is 0 Å². The van der Waals surface area contributed by atoms with E-state index in [0.717, 1.165) is 26.2 Å². The summed E-state index contributed by atoms with van der Waals surface area (Å²) < 4.78 is 14.4.